The number of fused-ring (bicyclic) bond motifs is 5. The molecule has 4 heterocycles. The number of hydrogen-bond donors (Lipinski definition) is 2. The van der Waals surface area contributed by atoms with Gasteiger partial charge in [0.1, 0.15) is 17.4 Å². The van der Waals surface area contributed by atoms with Crippen LogP contribution in [0.5, 0.6) is 5.75 Å². The fourth-order valence-electron chi connectivity index (χ4n) is 6.89. The van der Waals surface area contributed by atoms with Gasteiger partial charge >= 0.3 is 12.6 Å². The Labute approximate surface area is 233 Å². The number of piperidine rings is 1. The standard InChI is InChI=1S/C29H27F3N6O3/c30-20-8-21-22(38-23(11-33-12-25(38)36-21)18-3-1-2-4-24(18)41-28(31)32)7-19(20)17-9-34-29(35-10-17)37-13-15-5-6-16(14-37)26(15)27(39)40/h1-4,7-10,15-16,23,26,28,33H,5-6,11-14H2,(H,39,40)/t15-,16?,23?,26?/m1/s1. The number of aromatic nitrogens is 4. The van der Waals surface area contributed by atoms with Crippen LogP contribution in [0.15, 0.2) is 48.8 Å². The lowest BCUT2D eigenvalue weighted by Gasteiger charge is -2.35. The van der Waals surface area contributed by atoms with Crippen LogP contribution in [0.2, 0.25) is 0 Å². The number of halogens is 3. The molecule has 3 unspecified atom stereocenters. The number of alkyl halides is 2. The average Bonchev–Trinajstić information content (AvgIpc) is 3.46. The van der Waals surface area contributed by atoms with E-state index in [0.29, 0.717) is 65.7 Å². The number of imidazole rings is 1. The molecule has 2 N–H and O–H groups in total. The second-order valence-corrected chi connectivity index (χ2v) is 10.9. The van der Waals surface area contributed by atoms with E-state index in [9.17, 15) is 18.7 Å². The maximum atomic E-state index is 15.4. The first-order valence-electron chi connectivity index (χ1n) is 13.6. The van der Waals surface area contributed by atoms with Crippen molar-refractivity contribution >= 4 is 23.0 Å². The van der Waals surface area contributed by atoms with Gasteiger partial charge in [-0.15, -0.1) is 0 Å². The molecular weight excluding hydrogens is 537 g/mol. The monoisotopic (exact) mass is 564 g/mol. The predicted octanol–water partition coefficient (Wildman–Crippen LogP) is 4.47. The molecular formula is C29H27F3N6O3. The number of aliphatic carboxylic acids is 1. The molecule has 9 nitrogen and oxygen atoms in total. The highest BCUT2D eigenvalue weighted by atomic mass is 19.3. The lowest BCUT2D eigenvalue weighted by molar-refractivity contribution is -0.144. The number of carboxylic acids is 1. The third kappa shape index (κ3) is 4.46. The fourth-order valence-corrected chi connectivity index (χ4v) is 6.89. The molecule has 2 aliphatic heterocycles. The zero-order valence-corrected chi connectivity index (χ0v) is 21.9. The second kappa shape index (κ2) is 10.0. The summed E-state index contributed by atoms with van der Waals surface area (Å²) in [5.41, 5.74) is 2.47. The molecule has 2 aromatic heterocycles. The van der Waals surface area contributed by atoms with Gasteiger partial charge in [-0.2, -0.15) is 8.78 Å². The molecule has 0 radical (unpaired) electrons. The molecule has 2 aromatic carbocycles. The molecule has 12 heteroatoms. The van der Waals surface area contributed by atoms with Gasteiger partial charge in [0.15, 0.2) is 0 Å². The van der Waals surface area contributed by atoms with Gasteiger partial charge in [-0.25, -0.2) is 19.3 Å². The lowest BCUT2D eigenvalue weighted by Crippen LogP contribution is -2.45. The highest BCUT2D eigenvalue weighted by Crippen LogP contribution is 2.43. The van der Waals surface area contributed by atoms with Crippen LogP contribution in [0.3, 0.4) is 0 Å². The van der Waals surface area contributed by atoms with Gasteiger partial charge in [0.2, 0.25) is 5.95 Å². The van der Waals surface area contributed by atoms with E-state index in [1.807, 2.05) is 9.47 Å². The van der Waals surface area contributed by atoms with E-state index < -0.39 is 24.4 Å². The Balaban J connectivity index is 1.22. The Morgan fingerprint density at radius 1 is 1.10 bits per heavy atom. The SMILES string of the molecule is O=C(O)C1C2CC[C@@H]1CN(c1ncc(-c3cc4c(cc3F)nc3n4C(c4ccccc4OC(F)F)CNC3)cn1)C2. The van der Waals surface area contributed by atoms with Gasteiger partial charge in [-0.3, -0.25) is 4.79 Å². The van der Waals surface area contributed by atoms with Crippen molar-refractivity contribution < 1.29 is 27.8 Å². The summed E-state index contributed by atoms with van der Waals surface area (Å²) < 4.78 is 48.4. The van der Waals surface area contributed by atoms with Crippen molar-refractivity contribution in [1.29, 1.82) is 0 Å². The van der Waals surface area contributed by atoms with Crippen molar-refractivity contribution in [3.05, 3.63) is 66.0 Å². The predicted molar refractivity (Wildman–Crippen MR) is 143 cm³/mol. The van der Waals surface area contributed by atoms with Crippen LogP contribution in [0.25, 0.3) is 22.2 Å². The third-order valence-corrected chi connectivity index (χ3v) is 8.63. The third-order valence-electron chi connectivity index (χ3n) is 8.63. The molecule has 3 aliphatic rings. The molecule has 4 aromatic rings. The van der Waals surface area contributed by atoms with E-state index in [1.54, 1.807) is 36.7 Å². The summed E-state index contributed by atoms with van der Waals surface area (Å²) in [6.45, 7) is -0.900. The first-order chi connectivity index (χ1) is 19.9. The van der Waals surface area contributed by atoms with Gasteiger partial charge in [0.05, 0.1) is 29.5 Å². The number of hydrogen-bond acceptors (Lipinski definition) is 7. The van der Waals surface area contributed by atoms with Gasteiger partial charge in [0, 0.05) is 54.8 Å². The Morgan fingerprint density at radius 3 is 2.54 bits per heavy atom. The quantitative estimate of drug-likeness (QED) is 0.354. The molecule has 2 bridgehead atoms. The van der Waals surface area contributed by atoms with Crippen molar-refractivity contribution in [1.82, 2.24) is 24.8 Å². The molecule has 212 valence electrons. The van der Waals surface area contributed by atoms with Crippen LogP contribution < -0.4 is 15.0 Å². The van der Waals surface area contributed by atoms with E-state index in [0.717, 1.165) is 12.8 Å². The first-order valence-corrected chi connectivity index (χ1v) is 13.6. The summed E-state index contributed by atoms with van der Waals surface area (Å²) >= 11 is 0. The first kappa shape index (κ1) is 25.8. The Kier molecular flexibility index (Phi) is 6.29. The molecule has 4 atom stereocenters. The number of carbonyl (C=O) groups is 1. The van der Waals surface area contributed by atoms with E-state index in [-0.39, 0.29) is 23.5 Å². The summed E-state index contributed by atoms with van der Waals surface area (Å²) in [6, 6.07) is 9.33. The number of nitrogens with zero attached hydrogens (tertiary/aromatic N) is 5. The van der Waals surface area contributed by atoms with Crippen molar-refractivity contribution in [3.8, 4) is 16.9 Å². The number of para-hydroxylation sites is 1. The molecule has 41 heavy (non-hydrogen) atoms. The summed E-state index contributed by atoms with van der Waals surface area (Å²) in [4.78, 5) is 27.4. The largest absolute Gasteiger partial charge is 0.481 e. The van der Waals surface area contributed by atoms with Crippen LogP contribution in [0.1, 0.15) is 30.3 Å². The molecule has 0 spiro atoms. The second-order valence-electron chi connectivity index (χ2n) is 10.9. The van der Waals surface area contributed by atoms with Gasteiger partial charge in [0.25, 0.3) is 0 Å². The number of benzene rings is 2. The van der Waals surface area contributed by atoms with Crippen molar-refractivity contribution in [2.75, 3.05) is 24.5 Å². The minimum absolute atomic E-state index is 0.0704. The maximum Gasteiger partial charge on any atom is 0.387 e. The summed E-state index contributed by atoms with van der Waals surface area (Å²) in [7, 11) is 0. The molecule has 0 amide bonds. The van der Waals surface area contributed by atoms with Gasteiger partial charge < -0.3 is 24.6 Å². The minimum Gasteiger partial charge on any atom is -0.481 e. The maximum absolute atomic E-state index is 15.4. The number of rotatable bonds is 6. The van der Waals surface area contributed by atoms with Crippen LogP contribution in [-0.2, 0) is 11.3 Å². The zero-order valence-electron chi connectivity index (χ0n) is 21.9. The van der Waals surface area contributed by atoms with Crippen LogP contribution in [0.4, 0.5) is 19.1 Å². The molecule has 1 saturated carbocycles. The van der Waals surface area contributed by atoms with E-state index >= 15 is 4.39 Å². The van der Waals surface area contributed by atoms with Crippen LogP contribution >= 0.6 is 0 Å². The van der Waals surface area contributed by atoms with E-state index in [2.05, 4.69) is 20.3 Å². The van der Waals surface area contributed by atoms with E-state index in [4.69, 9.17) is 4.74 Å². The Hall–Kier alpha value is -4.19. The normalized spacial score (nSPS) is 23.7. The molecule has 1 aliphatic carbocycles. The average molecular weight is 565 g/mol. The van der Waals surface area contributed by atoms with Crippen LogP contribution in [-0.4, -0.2) is 56.8 Å². The zero-order chi connectivity index (χ0) is 28.2. The topological polar surface area (TPSA) is 105 Å². The lowest BCUT2D eigenvalue weighted by atomic mass is 9.85. The van der Waals surface area contributed by atoms with Gasteiger partial charge in [-0.1, -0.05) is 18.2 Å². The molecule has 7 rings (SSSR count). The Bertz CT molecular complexity index is 1610. The van der Waals surface area contributed by atoms with Crippen molar-refractivity contribution in [3.63, 3.8) is 0 Å². The van der Waals surface area contributed by atoms with Crippen molar-refractivity contribution in [2.45, 2.75) is 32.0 Å². The van der Waals surface area contributed by atoms with Crippen LogP contribution in [0, 0.1) is 23.6 Å². The summed E-state index contributed by atoms with van der Waals surface area (Å²) in [5.74, 6) is -0.149. The fraction of sp³-hybridized carbons (Fsp3) is 0.379. The summed E-state index contributed by atoms with van der Waals surface area (Å²) in [5, 5.41) is 12.9. The number of ether oxygens (including phenoxy) is 1. The molecule has 1 saturated heterocycles. The van der Waals surface area contributed by atoms with Crippen molar-refractivity contribution in [2.24, 2.45) is 17.8 Å². The summed E-state index contributed by atoms with van der Waals surface area (Å²) in [6.07, 6.45) is 4.92. The smallest absolute Gasteiger partial charge is 0.387 e. The number of carboxylic acid groups (broad SMARTS) is 1. The highest BCUT2D eigenvalue weighted by Gasteiger charge is 2.46. The number of anilines is 1. The van der Waals surface area contributed by atoms with E-state index in [1.165, 1.54) is 12.1 Å². The Morgan fingerprint density at radius 2 is 1.83 bits per heavy atom. The highest BCUT2D eigenvalue weighted by molar-refractivity contribution is 5.83. The van der Waals surface area contributed by atoms with Gasteiger partial charge in [-0.05, 0) is 36.8 Å². The minimum atomic E-state index is -2.96. The number of nitrogens with one attached hydrogen (secondary N) is 1. The molecule has 2 fully saturated rings.